The van der Waals surface area contributed by atoms with Crippen LogP contribution in [-0.2, 0) is 13.0 Å². The van der Waals surface area contributed by atoms with Crippen molar-refractivity contribution in [1.82, 2.24) is 9.78 Å². The summed E-state index contributed by atoms with van der Waals surface area (Å²) in [5.74, 6) is 0.372. The third kappa shape index (κ3) is 2.58. The maximum atomic E-state index is 9.13. The predicted octanol–water partition coefficient (Wildman–Crippen LogP) is 1.77. The molecular formula is C11H20N2O. The Bertz CT molecular complexity index is 277. The monoisotopic (exact) mass is 196 g/mol. The number of hydrogen-bond acceptors (Lipinski definition) is 2. The predicted molar refractivity (Wildman–Crippen MR) is 57.2 cm³/mol. The molecule has 0 spiro atoms. The van der Waals surface area contributed by atoms with Crippen LogP contribution in [0, 0.1) is 12.8 Å². The molecule has 1 N–H and O–H groups in total. The molecule has 0 bridgehead atoms. The molecule has 1 atom stereocenters. The number of aromatic nitrogens is 2. The van der Waals surface area contributed by atoms with Crippen molar-refractivity contribution in [2.24, 2.45) is 5.92 Å². The molecule has 3 nitrogen and oxygen atoms in total. The van der Waals surface area contributed by atoms with E-state index in [1.165, 1.54) is 5.69 Å². The molecule has 0 aliphatic carbocycles. The summed E-state index contributed by atoms with van der Waals surface area (Å²) < 4.78 is 2.02. The van der Waals surface area contributed by atoms with Gasteiger partial charge >= 0.3 is 0 Å². The molecule has 0 fully saturated rings. The van der Waals surface area contributed by atoms with Gasteiger partial charge in [-0.15, -0.1) is 0 Å². The van der Waals surface area contributed by atoms with E-state index in [0.717, 1.165) is 25.1 Å². The molecule has 0 saturated heterocycles. The van der Waals surface area contributed by atoms with E-state index in [1.54, 1.807) is 0 Å². The summed E-state index contributed by atoms with van der Waals surface area (Å²) in [5.41, 5.74) is 2.31. The van der Waals surface area contributed by atoms with E-state index in [1.807, 2.05) is 11.6 Å². The lowest BCUT2D eigenvalue weighted by molar-refractivity contribution is 0.220. The SMILES string of the molecule is CCC(CO)Cc1cc(C)nn1CC. The molecule has 0 aliphatic rings. The Morgan fingerprint density at radius 3 is 2.71 bits per heavy atom. The first-order valence-corrected chi connectivity index (χ1v) is 5.35. The van der Waals surface area contributed by atoms with Crippen LogP contribution >= 0.6 is 0 Å². The highest BCUT2D eigenvalue weighted by atomic mass is 16.3. The average Bonchev–Trinajstić information content (AvgIpc) is 2.55. The van der Waals surface area contributed by atoms with Crippen molar-refractivity contribution in [2.45, 2.75) is 40.2 Å². The molecule has 1 aromatic rings. The van der Waals surface area contributed by atoms with Crippen LogP contribution in [0.1, 0.15) is 31.7 Å². The summed E-state index contributed by atoms with van der Waals surface area (Å²) in [7, 11) is 0. The lowest BCUT2D eigenvalue weighted by atomic mass is 10.0. The largest absolute Gasteiger partial charge is 0.396 e. The minimum absolute atomic E-state index is 0.268. The lowest BCUT2D eigenvalue weighted by Gasteiger charge is -2.11. The molecule has 1 heterocycles. The van der Waals surface area contributed by atoms with E-state index in [-0.39, 0.29) is 6.61 Å². The molecule has 0 radical (unpaired) electrons. The summed E-state index contributed by atoms with van der Waals surface area (Å²) in [5, 5.41) is 13.5. The molecular weight excluding hydrogens is 176 g/mol. The highest BCUT2D eigenvalue weighted by Crippen LogP contribution is 2.13. The fraction of sp³-hybridized carbons (Fsp3) is 0.727. The zero-order chi connectivity index (χ0) is 10.6. The van der Waals surface area contributed by atoms with Gasteiger partial charge in [-0.25, -0.2) is 0 Å². The van der Waals surface area contributed by atoms with Crippen LogP contribution in [0.5, 0.6) is 0 Å². The van der Waals surface area contributed by atoms with Crippen LogP contribution in [-0.4, -0.2) is 21.5 Å². The number of aliphatic hydroxyl groups is 1. The number of aliphatic hydroxyl groups excluding tert-OH is 1. The Hall–Kier alpha value is -0.830. The van der Waals surface area contributed by atoms with Gasteiger partial charge in [-0.05, 0) is 32.3 Å². The van der Waals surface area contributed by atoms with E-state index in [2.05, 4.69) is 25.0 Å². The number of nitrogens with zero attached hydrogens (tertiary/aromatic N) is 2. The molecule has 0 amide bonds. The van der Waals surface area contributed by atoms with Crippen molar-refractivity contribution in [1.29, 1.82) is 0 Å². The van der Waals surface area contributed by atoms with Gasteiger partial charge in [0.1, 0.15) is 0 Å². The summed E-state index contributed by atoms with van der Waals surface area (Å²) in [6, 6.07) is 2.11. The third-order valence-electron chi connectivity index (χ3n) is 2.62. The molecule has 0 saturated carbocycles. The standard InChI is InChI=1S/C11H20N2O/c1-4-10(8-14)7-11-6-9(3)12-13(11)5-2/h6,10,14H,4-5,7-8H2,1-3H3. The first-order chi connectivity index (χ1) is 6.71. The van der Waals surface area contributed by atoms with Crippen molar-refractivity contribution in [2.75, 3.05) is 6.61 Å². The van der Waals surface area contributed by atoms with Crippen LogP contribution < -0.4 is 0 Å². The van der Waals surface area contributed by atoms with Crippen molar-refractivity contribution in [3.8, 4) is 0 Å². The highest BCUT2D eigenvalue weighted by molar-refractivity contribution is 5.09. The van der Waals surface area contributed by atoms with Crippen LogP contribution in [0.4, 0.5) is 0 Å². The fourth-order valence-corrected chi connectivity index (χ4v) is 1.67. The Morgan fingerprint density at radius 1 is 1.50 bits per heavy atom. The van der Waals surface area contributed by atoms with Gasteiger partial charge in [-0.2, -0.15) is 5.10 Å². The van der Waals surface area contributed by atoms with Gasteiger partial charge < -0.3 is 5.11 Å². The van der Waals surface area contributed by atoms with E-state index in [4.69, 9.17) is 5.11 Å². The lowest BCUT2D eigenvalue weighted by Crippen LogP contribution is -2.12. The average molecular weight is 196 g/mol. The molecule has 80 valence electrons. The number of hydrogen-bond donors (Lipinski definition) is 1. The topological polar surface area (TPSA) is 38.1 Å². The van der Waals surface area contributed by atoms with Crippen LogP contribution in [0.2, 0.25) is 0 Å². The van der Waals surface area contributed by atoms with Gasteiger partial charge in [-0.3, -0.25) is 4.68 Å². The number of aryl methyl sites for hydroxylation is 2. The molecule has 14 heavy (non-hydrogen) atoms. The Kier molecular flexibility index (Phi) is 4.14. The minimum Gasteiger partial charge on any atom is -0.396 e. The van der Waals surface area contributed by atoms with E-state index in [9.17, 15) is 0 Å². The number of rotatable bonds is 5. The zero-order valence-electron chi connectivity index (χ0n) is 9.32. The minimum atomic E-state index is 0.268. The first kappa shape index (κ1) is 11.2. The van der Waals surface area contributed by atoms with Gasteiger partial charge in [0.25, 0.3) is 0 Å². The second-order valence-electron chi connectivity index (χ2n) is 3.75. The molecule has 3 heteroatoms. The second kappa shape index (κ2) is 5.15. The van der Waals surface area contributed by atoms with Gasteiger partial charge in [0.15, 0.2) is 0 Å². The van der Waals surface area contributed by atoms with Gasteiger partial charge in [0.05, 0.1) is 5.69 Å². The second-order valence-corrected chi connectivity index (χ2v) is 3.75. The van der Waals surface area contributed by atoms with Gasteiger partial charge in [0.2, 0.25) is 0 Å². The quantitative estimate of drug-likeness (QED) is 0.779. The van der Waals surface area contributed by atoms with Gasteiger partial charge in [0, 0.05) is 18.8 Å². The molecule has 0 aromatic carbocycles. The van der Waals surface area contributed by atoms with E-state index in [0.29, 0.717) is 5.92 Å². The van der Waals surface area contributed by atoms with Crippen LogP contribution in [0.15, 0.2) is 6.07 Å². The van der Waals surface area contributed by atoms with E-state index < -0.39 is 0 Å². The summed E-state index contributed by atoms with van der Waals surface area (Å²) in [6.07, 6.45) is 1.95. The summed E-state index contributed by atoms with van der Waals surface area (Å²) in [6.45, 7) is 7.39. The molecule has 0 aliphatic heterocycles. The Balaban J connectivity index is 2.73. The molecule has 1 unspecified atom stereocenters. The van der Waals surface area contributed by atoms with Crippen molar-refractivity contribution >= 4 is 0 Å². The summed E-state index contributed by atoms with van der Waals surface area (Å²) >= 11 is 0. The summed E-state index contributed by atoms with van der Waals surface area (Å²) in [4.78, 5) is 0. The third-order valence-corrected chi connectivity index (χ3v) is 2.62. The van der Waals surface area contributed by atoms with Crippen molar-refractivity contribution in [3.05, 3.63) is 17.5 Å². The highest BCUT2D eigenvalue weighted by Gasteiger charge is 2.10. The van der Waals surface area contributed by atoms with Crippen molar-refractivity contribution in [3.63, 3.8) is 0 Å². The maximum Gasteiger partial charge on any atom is 0.0596 e. The van der Waals surface area contributed by atoms with Crippen LogP contribution in [0.25, 0.3) is 0 Å². The van der Waals surface area contributed by atoms with E-state index >= 15 is 0 Å². The maximum absolute atomic E-state index is 9.13. The van der Waals surface area contributed by atoms with Crippen LogP contribution in [0.3, 0.4) is 0 Å². The fourth-order valence-electron chi connectivity index (χ4n) is 1.67. The smallest absolute Gasteiger partial charge is 0.0596 e. The van der Waals surface area contributed by atoms with Crippen molar-refractivity contribution < 1.29 is 5.11 Å². The Labute approximate surface area is 85.8 Å². The first-order valence-electron chi connectivity index (χ1n) is 5.35. The van der Waals surface area contributed by atoms with Gasteiger partial charge in [-0.1, -0.05) is 13.3 Å². The Morgan fingerprint density at radius 2 is 2.21 bits per heavy atom. The molecule has 1 aromatic heterocycles. The normalized spacial score (nSPS) is 13.1. The zero-order valence-corrected chi connectivity index (χ0v) is 9.32. The molecule has 1 rings (SSSR count).